The maximum absolute atomic E-state index is 13.0. The highest BCUT2D eigenvalue weighted by Gasteiger charge is 2.34. The minimum atomic E-state index is -0.569. The van der Waals surface area contributed by atoms with Gasteiger partial charge >= 0.3 is 0 Å². The van der Waals surface area contributed by atoms with Gasteiger partial charge in [-0.2, -0.15) is 0 Å². The van der Waals surface area contributed by atoms with Crippen LogP contribution in [0.4, 0.5) is 11.4 Å². The van der Waals surface area contributed by atoms with E-state index in [4.69, 9.17) is 21.7 Å². The third-order valence-electron chi connectivity index (χ3n) is 5.06. The molecule has 3 aromatic rings. The lowest BCUT2D eigenvalue weighted by Crippen LogP contribution is -2.54. The highest BCUT2D eigenvalue weighted by Crippen LogP contribution is 2.24. The van der Waals surface area contributed by atoms with E-state index in [2.05, 4.69) is 10.6 Å². The second-order valence-corrected chi connectivity index (χ2v) is 7.79. The molecule has 0 aromatic heterocycles. The number of anilines is 2. The van der Waals surface area contributed by atoms with Gasteiger partial charge in [0.2, 0.25) is 0 Å². The van der Waals surface area contributed by atoms with Crippen molar-refractivity contribution in [2.45, 2.75) is 0 Å². The Morgan fingerprint density at radius 2 is 1.69 bits per heavy atom. The number of nitrogens with one attached hydrogen (secondary N) is 2. The number of hydrogen-bond donors (Lipinski definition) is 2. The molecule has 9 heteroatoms. The Balaban J connectivity index is 1.42. The summed E-state index contributed by atoms with van der Waals surface area (Å²) in [4.78, 5) is 39.0. The Bertz CT molecular complexity index is 1310. The summed E-state index contributed by atoms with van der Waals surface area (Å²) >= 11 is 5.19. The van der Waals surface area contributed by atoms with Crippen molar-refractivity contribution in [2.75, 3.05) is 23.9 Å². The van der Waals surface area contributed by atoms with Crippen LogP contribution < -0.4 is 25.0 Å². The summed E-state index contributed by atoms with van der Waals surface area (Å²) in [6, 6.07) is 22.6. The highest BCUT2D eigenvalue weighted by atomic mass is 32.1. The van der Waals surface area contributed by atoms with Crippen molar-refractivity contribution in [1.29, 1.82) is 0 Å². The summed E-state index contributed by atoms with van der Waals surface area (Å²) in [6.45, 7) is -0.205. The van der Waals surface area contributed by atoms with Gasteiger partial charge in [0.15, 0.2) is 11.7 Å². The molecule has 1 aliphatic heterocycles. The van der Waals surface area contributed by atoms with Gasteiger partial charge in [0, 0.05) is 0 Å². The molecule has 0 aliphatic carbocycles. The molecule has 0 spiro atoms. The first kappa shape index (κ1) is 23.7. The SMILES string of the molecule is COc1ccccc1NC(=O)COc1ccc(C=C2C(=O)NC(=S)N(c3ccccc3)C2=O)cc1. The first-order valence-corrected chi connectivity index (χ1v) is 11.0. The molecule has 3 amide bonds. The number of amides is 3. The molecular formula is C26H21N3O5S. The fourth-order valence-electron chi connectivity index (χ4n) is 3.38. The zero-order chi connectivity index (χ0) is 24.8. The van der Waals surface area contributed by atoms with E-state index in [1.165, 1.54) is 18.1 Å². The van der Waals surface area contributed by atoms with Gasteiger partial charge in [0.25, 0.3) is 17.7 Å². The fraction of sp³-hybridized carbons (Fsp3) is 0.0769. The van der Waals surface area contributed by atoms with Crippen LogP contribution in [0.25, 0.3) is 6.08 Å². The minimum absolute atomic E-state index is 0.0264. The molecule has 1 aliphatic rings. The van der Waals surface area contributed by atoms with Crippen molar-refractivity contribution >= 4 is 52.5 Å². The van der Waals surface area contributed by atoms with E-state index in [9.17, 15) is 14.4 Å². The smallest absolute Gasteiger partial charge is 0.270 e. The molecule has 1 saturated heterocycles. The number of carbonyl (C=O) groups excluding carboxylic acids is 3. The Labute approximate surface area is 207 Å². The number of nitrogens with zero attached hydrogens (tertiary/aromatic N) is 1. The molecule has 0 radical (unpaired) electrons. The maximum Gasteiger partial charge on any atom is 0.270 e. The number of thiocarbonyl (C=S) groups is 1. The summed E-state index contributed by atoms with van der Waals surface area (Å²) in [5, 5.41) is 5.31. The van der Waals surface area contributed by atoms with Crippen molar-refractivity contribution in [2.24, 2.45) is 0 Å². The molecule has 4 rings (SSSR count). The average molecular weight is 488 g/mol. The molecule has 2 N–H and O–H groups in total. The number of hydrogen-bond acceptors (Lipinski definition) is 6. The zero-order valence-electron chi connectivity index (χ0n) is 18.7. The lowest BCUT2D eigenvalue weighted by Gasteiger charge is -2.28. The largest absolute Gasteiger partial charge is 0.495 e. The van der Waals surface area contributed by atoms with E-state index in [0.29, 0.717) is 28.4 Å². The predicted octanol–water partition coefficient (Wildman–Crippen LogP) is 3.54. The molecular weight excluding hydrogens is 466 g/mol. The van der Waals surface area contributed by atoms with Crippen LogP contribution in [0.1, 0.15) is 5.56 Å². The van der Waals surface area contributed by atoms with E-state index in [1.54, 1.807) is 72.8 Å². The van der Waals surface area contributed by atoms with Crippen molar-refractivity contribution < 1.29 is 23.9 Å². The van der Waals surface area contributed by atoms with E-state index in [-0.39, 0.29) is 23.2 Å². The normalized spacial score (nSPS) is 14.5. The third kappa shape index (κ3) is 5.53. The van der Waals surface area contributed by atoms with Gasteiger partial charge in [0.05, 0.1) is 18.5 Å². The first-order chi connectivity index (χ1) is 17.0. The Hall–Kier alpha value is -4.50. The first-order valence-electron chi connectivity index (χ1n) is 10.6. The molecule has 0 atom stereocenters. The Morgan fingerprint density at radius 3 is 2.40 bits per heavy atom. The summed E-state index contributed by atoms with van der Waals surface area (Å²) in [6.07, 6.45) is 1.48. The molecule has 1 fully saturated rings. The van der Waals surface area contributed by atoms with Gasteiger partial charge in [-0.15, -0.1) is 0 Å². The number of carbonyl (C=O) groups is 3. The Morgan fingerprint density at radius 1 is 1.00 bits per heavy atom. The molecule has 1 heterocycles. The standard InChI is InChI=1S/C26H21N3O5S/c1-33-22-10-6-5-9-21(22)27-23(30)16-34-19-13-11-17(12-14-19)15-20-24(31)28-26(35)29(25(20)32)18-7-3-2-4-8-18/h2-15H,16H2,1H3,(H,27,30)(H,28,31,35). The fourth-order valence-corrected chi connectivity index (χ4v) is 3.66. The zero-order valence-corrected chi connectivity index (χ0v) is 19.5. The quantitative estimate of drug-likeness (QED) is 0.301. The minimum Gasteiger partial charge on any atom is -0.495 e. The maximum atomic E-state index is 13.0. The van der Waals surface area contributed by atoms with Crippen LogP contribution in [0.2, 0.25) is 0 Å². The molecule has 0 saturated carbocycles. The van der Waals surface area contributed by atoms with Gasteiger partial charge in [-0.25, -0.2) is 0 Å². The van der Waals surface area contributed by atoms with Crippen LogP contribution in [0.5, 0.6) is 11.5 Å². The second kappa shape index (κ2) is 10.6. The lowest BCUT2D eigenvalue weighted by atomic mass is 10.1. The number of methoxy groups -OCH3 is 1. The second-order valence-electron chi connectivity index (χ2n) is 7.40. The summed E-state index contributed by atoms with van der Waals surface area (Å²) in [5.41, 5.74) is 1.66. The van der Waals surface area contributed by atoms with E-state index in [1.807, 2.05) is 6.07 Å². The molecule has 8 nitrogen and oxygen atoms in total. The molecule has 0 unspecified atom stereocenters. The number of rotatable bonds is 7. The molecule has 35 heavy (non-hydrogen) atoms. The van der Waals surface area contributed by atoms with Crippen LogP contribution in [0.15, 0.2) is 84.4 Å². The van der Waals surface area contributed by atoms with Gasteiger partial charge < -0.3 is 14.8 Å². The number of ether oxygens (including phenoxy) is 2. The Kier molecular flexibility index (Phi) is 7.18. The van der Waals surface area contributed by atoms with Crippen LogP contribution in [-0.2, 0) is 14.4 Å². The molecule has 3 aromatic carbocycles. The third-order valence-corrected chi connectivity index (χ3v) is 5.34. The van der Waals surface area contributed by atoms with Gasteiger partial charge in [0.1, 0.15) is 17.1 Å². The van der Waals surface area contributed by atoms with Crippen LogP contribution in [0, 0.1) is 0 Å². The van der Waals surface area contributed by atoms with Crippen LogP contribution in [0.3, 0.4) is 0 Å². The van der Waals surface area contributed by atoms with E-state index in [0.717, 1.165) is 0 Å². The molecule has 0 bridgehead atoms. The average Bonchev–Trinajstić information content (AvgIpc) is 2.87. The topological polar surface area (TPSA) is 97.0 Å². The van der Waals surface area contributed by atoms with Gasteiger partial charge in [-0.05, 0) is 60.3 Å². The lowest BCUT2D eigenvalue weighted by molar-refractivity contribution is -0.122. The van der Waals surface area contributed by atoms with Gasteiger partial charge in [-0.1, -0.05) is 42.5 Å². The van der Waals surface area contributed by atoms with Crippen LogP contribution >= 0.6 is 12.2 Å². The highest BCUT2D eigenvalue weighted by molar-refractivity contribution is 7.80. The molecule has 176 valence electrons. The number of benzene rings is 3. The monoisotopic (exact) mass is 487 g/mol. The van der Waals surface area contributed by atoms with Crippen molar-refractivity contribution in [3.63, 3.8) is 0 Å². The van der Waals surface area contributed by atoms with Crippen molar-refractivity contribution in [3.8, 4) is 11.5 Å². The number of para-hydroxylation sites is 3. The van der Waals surface area contributed by atoms with E-state index < -0.39 is 11.8 Å². The summed E-state index contributed by atoms with van der Waals surface area (Å²) < 4.78 is 10.8. The van der Waals surface area contributed by atoms with Crippen molar-refractivity contribution in [3.05, 3.63) is 90.0 Å². The summed E-state index contributed by atoms with van der Waals surface area (Å²) in [7, 11) is 1.52. The summed E-state index contributed by atoms with van der Waals surface area (Å²) in [5.74, 6) is -0.430. The van der Waals surface area contributed by atoms with Crippen LogP contribution in [-0.4, -0.2) is 36.6 Å². The van der Waals surface area contributed by atoms with Gasteiger partial charge in [-0.3, -0.25) is 24.6 Å². The van der Waals surface area contributed by atoms with Crippen molar-refractivity contribution in [1.82, 2.24) is 5.32 Å². The predicted molar refractivity (Wildman–Crippen MR) is 136 cm³/mol. The van der Waals surface area contributed by atoms with E-state index >= 15 is 0 Å².